The smallest absolute Gasteiger partial charge is 0.227 e. The lowest BCUT2D eigenvalue weighted by atomic mass is 10.1. The van der Waals surface area contributed by atoms with Gasteiger partial charge in [0.25, 0.3) is 0 Å². The van der Waals surface area contributed by atoms with Gasteiger partial charge < -0.3 is 15.1 Å². The van der Waals surface area contributed by atoms with Gasteiger partial charge in [0.2, 0.25) is 5.95 Å². The van der Waals surface area contributed by atoms with E-state index >= 15 is 0 Å². The minimum Gasteiger partial charge on any atom is -0.372 e. The molecule has 23 heavy (non-hydrogen) atoms. The quantitative estimate of drug-likeness (QED) is 0.940. The van der Waals surface area contributed by atoms with Gasteiger partial charge >= 0.3 is 0 Å². The molecule has 0 spiro atoms. The first-order chi connectivity index (χ1) is 11.3. The second-order valence-corrected chi connectivity index (χ2v) is 6.75. The van der Waals surface area contributed by atoms with Crippen molar-refractivity contribution in [3.8, 4) is 0 Å². The van der Waals surface area contributed by atoms with Gasteiger partial charge in [0, 0.05) is 32.1 Å². The fourth-order valence-electron chi connectivity index (χ4n) is 3.89. The topological polar surface area (TPSA) is 44.3 Å². The van der Waals surface area contributed by atoms with Gasteiger partial charge in [-0.25, -0.2) is 4.98 Å². The van der Waals surface area contributed by atoms with E-state index in [4.69, 9.17) is 9.97 Å². The number of rotatable bonds is 4. The Hall–Kier alpha value is -1.88. The number of fused-ring (bicyclic) bond motifs is 1. The summed E-state index contributed by atoms with van der Waals surface area (Å²) in [7, 11) is 1.93. The summed E-state index contributed by atoms with van der Waals surface area (Å²) in [4.78, 5) is 14.5. The molecule has 122 valence electrons. The fraction of sp³-hybridized carbons (Fsp3) is 0.556. The van der Waals surface area contributed by atoms with Crippen LogP contribution in [0.1, 0.15) is 19.3 Å². The van der Waals surface area contributed by atoms with Gasteiger partial charge in [0.05, 0.1) is 5.52 Å². The number of hydrogen-bond acceptors (Lipinski definition) is 5. The molecule has 5 heteroatoms. The molecule has 0 saturated carbocycles. The van der Waals surface area contributed by atoms with Crippen molar-refractivity contribution in [2.24, 2.45) is 5.92 Å². The summed E-state index contributed by atoms with van der Waals surface area (Å²) in [6.45, 7) is 5.96. The molecule has 0 radical (unpaired) electrons. The van der Waals surface area contributed by atoms with Crippen molar-refractivity contribution in [2.45, 2.75) is 19.3 Å². The number of hydrogen-bond donors (Lipinski definition) is 1. The molecule has 4 rings (SSSR count). The highest BCUT2D eigenvalue weighted by Gasteiger charge is 2.27. The molecule has 2 aromatic rings. The van der Waals surface area contributed by atoms with E-state index in [0.717, 1.165) is 41.7 Å². The zero-order valence-electron chi connectivity index (χ0n) is 13.8. The van der Waals surface area contributed by atoms with Crippen molar-refractivity contribution in [2.75, 3.05) is 50.0 Å². The summed E-state index contributed by atoms with van der Waals surface area (Å²) in [6.07, 6.45) is 3.99. The Bertz CT molecular complexity index is 680. The lowest BCUT2D eigenvalue weighted by Crippen LogP contribution is -2.29. The van der Waals surface area contributed by atoms with E-state index in [9.17, 15) is 0 Å². The highest BCUT2D eigenvalue weighted by molar-refractivity contribution is 5.89. The number of aromatic nitrogens is 2. The predicted octanol–water partition coefficient (Wildman–Crippen LogP) is 2.59. The van der Waals surface area contributed by atoms with E-state index in [-0.39, 0.29) is 0 Å². The van der Waals surface area contributed by atoms with Crippen molar-refractivity contribution in [3.05, 3.63) is 24.3 Å². The van der Waals surface area contributed by atoms with Gasteiger partial charge in [0.1, 0.15) is 5.82 Å². The average molecular weight is 311 g/mol. The zero-order valence-corrected chi connectivity index (χ0v) is 13.8. The van der Waals surface area contributed by atoms with Crippen molar-refractivity contribution >= 4 is 22.7 Å². The Morgan fingerprint density at radius 2 is 1.96 bits per heavy atom. The van der Waals surface area contributed by atoms with Gasteiger partial charge in [-0.2, -0.15) is 4.98 Å². The normalized spacial score (nSPS) is 22.1. The summed E-state index contributed by atoms with van der Waals surface area (Å²) >= 11 is 0. The Morgan fingerprint density at radius 1 is 1.13 bits per heavy atom. The van der Waals surface area contributed by atoms with Crippen LogP contribution in [-0.2, 0) is 0 Å². The Morgan fingerprint density at radius 3 is 2.78 bits per heavy atom. The van der Waals surface area contributed by atoms with Crippen LogP contribution in [0.2, 0.25) is 0 Å². The third kappa shape index (κ3) is 2.98. The Kier molecular flexibility index (Phi) is 4.04. The van der Waals surface area contributed by atoms with Crippen LogP contribution in [0.25, 0.3) is 10.9 Å². The lowest BCUT2D eigenvalue weighted by molar-refractivity contribution is 0.289. The molecule has 3 heterocycles. The van der Waals surface area contributed by atoms with Crippen LogP contribution in [0, 0.1) is 5.92 Å². The first kappa shape index (κ1) is 14.7. The molecule has 0 bridgehead atoms. The van der Waals surface area contributed by atoms with Crippen molar-refractivity contribution < 1.29 is 0 Å². The van der Waals surface area contributed by atoms with E-state index in [2.05, 4.69) is 27.2 Å². The molecule has 0 amide bonds. The monoisotopic (exact) mass is 311 g/mol. The standard InChI is InChI=1S/C18H25N5/c1-19-17-15-6-2-3-7-16(15)20-18(21-17)23-11-8-14(13-23)12-22-9-4-5-10-22/h2-3,6-7,14H,4-5,8-13H2,1H3,(H,19,20,21). The van der Waals surface area contributed by atoms with Crippen LogP contribution in [0.5, 0.6) is 0 Å². The minimum atomic E-state index is 0.751. The third-order valence-electron chi connectivity index (χ3n) is 5.11. The van der Waals surface area contributed by atoms with E-state index in [1.165, 1.54) is 38.9 Å². The number of nitrogens with one attached hydrogen (secondary N) is 1. The Balaban J connectivity index is 1.52. The van der Waals surface area contributed by atoms with Crippen LogP contribution < -0.4 is 10.2 Å². The fourth-order valence-corrected chi connectivity index (χ4v) is 3.89. The van der Waals surface area contributed by atoms with Crippen LogP contribution in [-0.4, -0.2) is 54.6 Å². The van der Waals surface area contributed by atoms with E-state index in [1.54, 1.807) is 0 Å². The van der Waals surface area contributed by atoms with Crippen LogP contribution in [0.3, 0.4) is 0 Å². The van der Waals surface area contributed by atoms with E-state index < -0.39 is 0 Å². The molecule has 2 aliphatic rings. The molecular weight excluding hydrogens is 286 g/mol. The lowest BCUT2D eigenvalue weighted by Gasteiger charge is -2.21. The maximum Gasteiger partial charge on any atom is 0.227 e. The molecular formula is C18H25N5. The predicted molar refractivity (Wildman–Crippen MR) is 95.1 cm³/mol. The molecule has 1 aromatic heterocycles. The first-order valence-electron chi connectivity index (χ1n) is 8.75. The molecule has 1 atom stereocenters. The van der Waals surface area contributed by atoms with E-state index in [0.29, 0.717) is 0 Å². The van der Waals surface area contributed by atoms with Gasteiger partial charge in [-0.05, 0) is 50.4 Å². The van der Waals surface area contributed by atoms with E-state index in [1.807, 2.05) is 19.2 Å². The first-order valence-corrected chi connectivity index (χ1v) is 8.75. The highest BCUT2D eigenvalue weighted by atomic mass is 15.3. The molecule has 2 saturated heterocycles. The molecule has 2 fully saturated rings. The third-order valence-corrected chi connectivity index (χ3v) is 5.11. The summed E-state index contributed by atoms with van der Waals surface area (Å²) < 4.78 is 0. The summed E-state index contributed by atoms with van der Waals surface area (Å²) in [6, 6.07) is 8.22. The molecule has 1 N–H and O–H groups in total. The zero-order chi connectivity index (χ0) is 15.6. The number of para-hydroxylation sites is 1. The van der Waals surface area contributed by atoms with Gasteiger partial charge in [-0.1, -0.05) is 12.1 Å². The number of likely N-dealkylation sites (tertiary alicyclic amines) is 1. The summed E-state index contributed by atoms with van der Waals surface area (Å²) in [5.74, 6) is 2.55. The maximum atomic E-state index is 4.79. The molecule has 0 aliphatic carbocycles. The van der Waals surface area contributed by atoms with Crippen molar-refractivity contribution in [1.82, 2.24) is 14.9 Å². The number of benzene rings is 1. The second kappa shape index (κ2) is 6.32. The average Bonchev–Trinajstić information content (AvgIpc) is 3.26. The van der Waals surface area contributed by atoms with Gasteiger partial charge in [0.15, 0.2) is 0 Å². The van der Waals surface area contributed by atoms with Gasteiger partial charge in [-0.15, -0.1) is 0 Å². The number of nitrogens with zero attached hydrogens (tertiary/aromatic N) is 4. The van der Waals surface area contributed by atoms with Crippen molar-refractivity contribution in [3.63, 3.8) is 0 Å². The van der Waals surface area contributed by atoms with Crippen molar-refractivity contribution in [1.29, 1.82) is 0 Å². The van der Waals surface area contributed by atoms with Crippen LogP contribution >= 0.6 is 0 Å². The largest absolute Gasteiger partial charge is 0.372 e. The maximum absolute atomic E-state index is 4.79. The SMILES string of the molecule is CNc1nc(N2CCC(CN3CCCC3)C2)nc2ccccc12. The van der Waals surface area contributed by atoms with Gasteiger partial charge in [-0.3, -0.25) is 0 Å². The van der Waals surface area contributed by atoms with Crippen LogP contribution in [0.4, 0.5) is 11.8 Å². The molecule has 5 nitrogen and oxygen atoms in total. The molecule has 1 aromatic carbocycles. The molecule has 2 aliphatic heterocycles. The second-order valence-electron chi connectivity index (χ2n) is 6.75. The number of anilines is 2. The molecule has 1 unspecified atom stereocenters. The summed E-state index contributed by atoms with van der Waals surface area (Å²) in [5, 5.41) is 4.31. The van der Waals surface area contributed by atoms with Crippen LogP contribution in [0.15, 0.2) is 24.3 Å². The minimum absolute atomic E-state index is 0.751. The highest BCUT2D eigenvalue weighted by Crippen LogP contribution is 2.27. The Labute approximate surface area is 137 Å². The summed E-state index contributed by atoms with van der Waals surface area (Å²) in [5.41, 5.74) is 1.02.